The third-order valence-corrected chi connectivity index (χ3v) is 3.12. The van der Waals surface area contributed by atoms with Crippen LogP contribution in [0.5, 0.6) is 0 Å². The van der Waals surface area contributed by atoms with Crippen molar-refractivity contribution in [3.63, 3.8) is 0 Å². The highest BCUT2D eigenvalue weighted by molar-refractivity contribution is 5.69. The van der Waals surface area contributed by atoms with Gasteiger partial charge in [-0.1, -0.05) is 13.0 Å². The first-order valence-corrected chi connectivity index (χ1v) is 6.37. The minimum Gasteiger partial charge on any atom is -0.324 e. The topological polar surface area (TPSA) is 61.8 Å². The van der Waals surface area contributed by atoms with Gasteiger partial charge in [-0.3, -0.25) is 13.9 Å². The van der Waals surface area contributed by atoms with Crippen molar-refractivity contribution in [3.8, 4) is 0 Å². The minimum absolute atomic E-state index is 0.262. The first kappa shape index (κ1) is 13.3. The number of fused-ring (bicyclic) bond motifs is 1. The Labute approximate surface area is 110 Å². The third kappa shape index (κ3) is 2.14. The van der Waals surface area contributed by atoms with Crippen molar-refractivity contribution < 1.29 is 0 Å². The average Bonchev–Trinajstić information content (AvgIpc) is 2.83. The first-order valence-electron chi connectivity index (χ1n) is 6.37. The summed E-state index contributed by atoms with van der Waals surface area (Å²) in [5.74, 6) is 0. The van der Waals surface area contributed by atoms with Gasteiger partial charge in [-0.25, -0.2) is 9.78 Å². The van der Waals surface area contributed by atoms with Crippen LogP contribution in [-0.4, -0.2) is 18.7 Å². The predicted octanol–water partition coefficient (Wildman–Crippen LogP) is 0.883. The molecule has 0 unspecified atom stereocenters. The van der Waals surface area contributed by atoms with Gasteiger partial charge in [0, 0.05) is 20.1 Å². The lowest BCUT2D eigenvalue weighted by Gasteiger charge is -2.08. The SMILES string of the molecule is C=CCCn1cnc2c1c(=O)n(CCC)c(=O)n2C. The molecule has 6 heteroatoms. The van der Waals surface area contributed by atoms with E-state index in [-0.39, 0.29) is 11.2 Å². The van der Waals surface area contributed by atoms with Crippen molar-refractivity contribution in [1.82, 2.24) is 18.7 Å². The van der Waals surface area contributed by atoms with Gasteiger partial charge in [-0.2, -0.15) is 0 Å². The second-order valence-electron chi connectivity index (χ2n) is 4.49. The number of aryl methyl sites for hydroxylation is 2. The van der Waals surface area contributed by atoms with Crippen LogP contribution in [0.3, 0.4) is 0 Å². The third-order valence-electron chi connectivity index (χ3n) is 3.12. The molecule has 0 N–H and O–H groups in total. The van der Waals surface area contributed by atoms with Crippen molar-refractivity contribution in [1.29, 1.82) is 0 Å². The predicted molar refractivity (Wildman–Crippen MR) is 74.3 cm³/mol. The van der Waals surface area contributed by atoms with Gasteiger partial charge in [0.1, 0.15) is 0 Å². The Morgan fingerprint density at radius 2 is 2.11 bits per heavy atom. The maximum absolute atomic E-state index is 12.4. The smallest absolute Gasteiger partial charge is 0.324 e. The number of allylic oxidation sites excluding steroid dienone is 1. The summed E-state index contributed by atoms with van der Waals surface area (Å²) in [4.78, 5) is 28.6. The highest BCUT2D eigenvalue weighted by Gasteiger charge is 2.15. The zero-order valence-corrected chi connectivity index (χ0v) is 11.3. The summed E-state index contributed by atoms with van der Waals surface area (Å²) < 4.78 is 4.48. The fraction of sp³-hybridized carbons (Fsp3) is 0.462. The second kappa shape index (κ2) is 5.26. The van der Waals surface area contributed by atoms with Crippen LogP contribution < -0.4 is 11.2 Å². The van der Waals surface area contributed by atoms with Gasteiger partial charge in [-0.05, 0) is 12.8 Å². The lowest BCUT2D eigenvalue weighted by Crippen LogP contribution is -2.39. The molecule has 19 heavy (non-hydrogen) atoms. The average molecular weight is 262 g/mol. The van der Waals surface area contributed by atoms with Crippen LogP contribution in [0.1, 0.15) is 19.8 Å². The Balaban J connectivity index is 2.75. The molecule has 2 heterocycles. The first-order chi connectivity index (χ1) is 9.11. The van der Waals surface area contributed by atoms with E-state index in [1.807, 2.05) is 6.92 Å². The maximum Gasteiger partial charge on any atom is 0.332 e. The zero-order chi connectivity index (χ0) is 14.0. The Bertz CT molecular complexity index is 721. The molecule has 0 atom stereocenters. The molecule has 0 aliphatic rings. The Morgan fingerprint density at radius 1 is 1.37 bits per heavy atom. The molecule has 0 saturated carbocycles. The Kier molecular flexibility index (Phi) is 3.69. The fourth-order valence-electron chi connectivity index (χ4n) is 2.14. The lowest BCUT2D eigenvalue weighted by atomic mass is 10.4. The molecule has 102 valence electrons. The molecule has 0 aromatic carbocycles. The Morgan fingerprint density at radius 3 is 2.74 bits per heavy atom. The summed E-state index contributed by atoms with van der Waals surface area (Å²) in [6.45, 7) is 6.67. The molecule has 0 radical (unpaired) electrons. The van der Waals surface area contributed by atoms with Gasteiger partial charge in [0.2, 0.25) is 0 Å². The molecular weight excluding hydrogens is 244 g/mol. The van der Waals surface area contributed by atoms with Crippen LogP contribution >= 0.6 is 0 Å². The summed E-state index contributed by atoms with van der Waals surface area (Å²) in [6.07, 6.45) is 4.88. The zero-order valence-electron chi connectivity index (χ0n) is 11.3. The van der Waals surface area contributed by atoms with Crippen molar-refractivity contribution in [2.45, 2.75) is 32.9 Å². The number of nitrogens with zero attached hydrogens (tertiary/aromatic N) is 4. The van der Waals surface area contributed by atoms with E-state index in [4.69, 9.17) is 0 Å². The van der Waals surface area contributed by atoms with Crippen molar-refractivity contribution in [3.05, 3.63) is 39.8 Å². The molecule has 0 saturated heterocycles. The molecule has 2 aromatic rings. The molecule has 0 spiro atoms. The van der Waals surface area contributed by atoms with E-state index >= 15 is 0 Å². The molecule has 0 fully saturated rings. The van der Waals surface area contributed by atoms with Gasteiger partial charge < -0.3 is 4.57 Å². The van der Waals surface area contributed by atoms with Crippen molar-refractivity contribution in [2.75, 3.05) is 0 Å². The van der Waals surface area contributed by atoms with Crippen LogP contribution in [0.2, 0.25) is 0 Å². The standard InChI is InChI=1S/C13H18N4O2/c1-4-6-8-16-9-14-11-10(16)12(18)17(7-5-2)13(19)15(11)3/h4,9H,1,5-8H2,2-3H3. The number of hydrogen-bond donors (Lipinski definition) is 0. The molecule has 0 bridgehead atoms. The van der Waals surface area contributed by atoms with E-state index in [0.29, 0.717) is 24.3 Å². The van der Waals surface area contributed by atoms with Crippen LogP contribution in [0.4, 0.5) is 0 Å². The van der Waals surface area contributed by atoms with Crippen molar-refractivity contribution >= 4 is 11.2 Å². The van der Waals surface area contributed by atoms with Crippen molar-refractivity contribution in [2.24, 2.45) is 7.05 Å². The van der Waals surface area contributed by atoms with Crippen LogP contribution in [0.25, 0.3) is 11.2 Å². The number of rotatable bonds is 5. The summed E-state index contributed by atoms with van der Waals surface area (Å²) >= 11 is 0. The highest BCUT2D eigenvalue weighted by atomic mass is 16.2. The molecule has 0 amide bonds. The molecule has 2 rings (SSSR count). The lowest BCUT2D eigenvalue weighted by molar-refractivity contribution is 0.589. The summed E-state index contributed by atoms with van der Waals surface area (Å²) in [7, 11) is 1.64. The fourth-order valence-corrected chi connectivity index (χ4v) is 2.14. The van der Waals surface area contributed by atoms with Gasteiger partial charge >= 0.3 is 5.69 Å². The normalized spacial score (nSPS) is 11.1. The number of imidazole rings is 1. The molecule has 0 aliphatic carbocycles. The van der Waals surface area contributed by atoms with E-state index in [1.165, 1.54) is 9.13 Å². The van der Waals surface area contributed by atoms with Gasteiger partial charge in [0.05, 0.1) is 6.33 Å². The molecule has 6 nitrogen and oxygen atoms in total. The highest BCUT2D eigenvalue weighted by Crippen LogP contribution is 2.06. The monoisotopic (exact) mass is 262 g/mol. The van der Waals surface area contributed by atoms with Crippen LogP contribution in [0.15, 0.2) is 28.6 Å². The summed E-state index contributed by atoms with van der Waals surface area (Å²) in [5.41, 5.74) is 0.346. The van der Waals surface area contributed by atoms with E-state index in [1.54, 1.807) is 24.0 Å². The molecule has 2 aromatic heterocycles. The van der Waals surface area contributed by atoms with E-state index in [9.17, 15) is 9.59 Å². The van der Waals surface area contributed by atoms with Gasteiger partial charge in [0.15, 0.2) is 11.2 Å². The maximum atomic E-state index is 12.4. The summed E-state index contributed by atoms with van der Waals surface area (Å²) in [6, 6.07) is 0. The van der Waals surface area contributed by atoms with Gasteiger partial charge in [-0.15, -0.1) is 6.58 Å². The van der Waals surface area contributed by atoms with Crippen LogP contribution in [0, 0.1) is 0 Å². The van der Waals surface area contributed by atoms with E-state index < -0.39 is 0 Å². The second-order valence-corrected chi connectivity index (χ2v) is 4.49. The minimum atomic E-state index is -0.312. The summed E-state index contributed by atoms with van der Waals surface area (Å²) in [5, 5.41) is 0. The molecular formula is C13H18N4O2. The largest absolute Gasteiger partial charge is 0.332 e. The number of aromatic nitrogens is 4. The molecule has 0 aliphatic heterocycles. The Hall–Kier alpha value is -2.11. The quantitative estimate of drug-likeness (QED) is 0.752. The van der Waals surface area contributed by atoms with Crippen LogP contribution in [-0.2, 0) is 20.1 Å². The van der Waals surface area contributed by atoms with E-state index in [2.05, 4.69) is 11.6 Å². The number of hydrogen-bond acceptors (Lipinski definition) is 3. The van der Waals surface area contributed by atoms with Gasteiger partial charge in [0.25, 0.3) is 5.56 Å². The van der Waals surface area contributed by atoms with E-state index in [0.717, 1.165) is 12.8 Å².